The van der Waals surface area contributed by atoms with Crippen molar-refractivity contribution in [3.8, 4) is 0 Å². The number of rotatable bonds is 15. The van der Waals surface area contributed by atoms with Crippen molar-refractivity contribution in [3.63, 3.8) is 0 Å². The molecule has 4 aromatic carbocycles. The van der Waals surface area contributed by atoms with Gasteiger partial charge in [0.2, 0.25) is 0 Å². The zero-order chi connectivity index (χ0) is 33.0. The average Bonchev–Trinajstić information content (AvgIpc) is 3.60. The highest BCUT2D eigenvalue weighted by Gasteiger charge is 2.49. The quantitative estimate of drug-likeness (QED) is 0.131. The van der Waals surface area contributed by atoms with Crippen molar-refractivity contribution in [1.82, 2.24) is 15.0 Å². The molecule has 0 saturated carbocycles. The second-order valence-electron chi connectivity index (χ2n) is 11.4. The molecule has 1 aromatic heterocycles. The average molecular weight is 650 g/mol. The van der Waals surface area contributed by atoms with Gasteiger partial charge in [0, 0.05) is 7.11 Å². The second kappa shape index (κ2) is 16.9. The Hall–Kier alpha value is -4.71. The van der Waals surface area contributed by atoms with Crippen LogP contribution in [0.15, 0.2) is 128 Å². The van der Waals surface area contributed by atoms with E-state index < -0.39 is 36.7 Å². The normalized spacial score (nSPS) is 20.7. The first-order valence-corrected chi connectivity index (χ1v) is 15.9. The van der Waals surface area contributed by atoms with E-state index in [1.54, 1.807) is 42.3 Å². The van der Waals surface area contributed by atoms with Gasteiger partial charge in [-0.25, -0.2) is 9.48 Å². The van der Waals surface area contributed by atoms with Crippen LogP contribution in [0.2, 0.25) is 0 Å². The van der Waals surface area contributed by atoms with Crippen molar-refractivity contribution in [2.75, 3.05) is 7.11 Å². The van der Waals surface area contributed by atoms with Gasteiger partial charge in [0.1, 0.15) is 36.7 Å². The Labute approximate surface area is 280 Å². The van der Waals surface area contributed by atoms with E-state index in [0.717, 1.165) is 16.7 Å². The predicted octanol–water partition coefficient (Wildman–Crippen LogP) is 5.76. The largest absolute Gasteiger partial charge is 0.455 e. The van der Waals surface area contributed by atoms with Crippen molar-refractivity contribution >= 4 is 5.97 Å². The SMILES string of the molecule is CO[C@H]1O[C@H](Cn2cc(COC(=O)c3ccccc3)nn2)[C@H](OCc2ccccc2)[C@H](OCc2ccccc2)[C@H]1OCc1ccccc1. The zero-order valence-corrected chi connectivity index (χ0v) is 26.7. The molecule has 1 fully saturated rings. The Balaban J connectivity index is 1.23. The summed E-state index contributed by atoms with van der Waals surface area (Å²) in [6, 6.07) is 38.7. The summed E-state index contributed by atoms with van der Waals surface area (Å²) in [6.07, 6.45) is -1.35. The fourth-order valence-electron chi connectivity index (χ4n) is 5.56. The molecule has 1 aliphatic heterocycles. The maximum atomic E-state index is 12.5. The van der Waals surface area contributed by atoms with E-state index in [2.05, 4.69) is 10.3 Å². The lowest BCUT2D eigenvalue weighted by Gasteiger charge is -2.45. The molecule has 1 saturated heterocycles. The maximum Gasteiger partial charge on any atom is 0.338 e. The van der Waals surface area contributed by atoms with Crippen molar-refractivity contribution in [1.29, 1.82) is 0 Å². The number of carbonyl (C=O) groups is 1. The number of hydrogen-bond acceptors (Lipinski definition) is 9. The van der Waals surface area contributed by atoms with Crippen LogP contribution in [-0.4, -0.2) is 58.8 Å². The first kappa shape index (κ1) is 33.2. The highest BCUT2D eigenvalue weighted by atomic mass is 16.7. The third kappa shape index (κ3) is 9.00. The Morgan fingerprint density at radius 2 is 1.17 bits per heavy atom. The third-order valence-electron chi connectivity index (χ3n) is 7.99. The van der Waals surface area contributed by atoms with Crippen molar-refractivity contribution in [2.45, 2.75) is 63.7 Å². The topological polar surface area (TPSA) is 103 Å². The van der Waals surface area contributed by atoms with E-state index in [-0.39, 0.29) is 13.2 Å². The molecule has 5 aromatic rings. The predicted molar refractivity (Wildman–Crippen MR) is 176 cm³/mol. The van der Waals surface area contributed by atoms with E-state index in [9.17, 15) is 4.79 Å². The summed E-state index contributed by atoms with van der Waals surface area (Å²) in [5.74, 6) is -0.432. The molecule has 1 aliphatic rings. The smallest absolute Gasteiger partial charge is 0.338 e. The number of benzene rings is 4. The molecule has 6 rings (SSSR count). The summed E-state index contributed by atoms with van der Waals surface area (Å²) in [6.45, 7) is 1.26. The van der Waals surface area contributed by atoms with E-state index in [1.807, 2.05) is 97.1 Å². The minimum absolute atomic E-state index is 0.0217. The van der Waals surface area contributed by atoms with Crippen LogP contribution >= 0.6 is 0 Å². The van der Waals surface area contributed by atoms with Crippen LogP contribution < -0.4 is 0 Å². The number of nitrogens with zero attached hydrogens (tertiary/aromatic N) is 3. The Morgan fingerprint density at radius 1 is 0.667 bits per heavy atom. The van der Waals surface area contributed by atoms with E-state index in [0.29, 0.717) is 31.1 Å². The lowest BCUT2D eigenvalue weighted by molar-refractivity contribution is -0.319. The van der Waals surface area contributed by atoms with E-state index >= 15 is 0 Å². The van der Waals surface area contributed by atoms with Crippen molar-refractivity contribution < 1.29 is 33.2 Å². The minimum atomic E-state index is -0.758. The molecule has 0 unspecified atom stereocenters. The fraction of sp³-hybridized carbons (Fsp3) is 0.289. The first-order valence-electron chi connectivity index (χ1n) is 15.9. The molecule has 5 atom stereocenters. The number of esters is 1. The lowest BCUT2D eigenvalue weighted by Crippen LogP contribution is -2.61. The zero-order valence-electron chi connectivity index (χ0n) is 26.7. The molecule has 248 valence electrons. The number of aromatic nitrogens is 3. The number of ether oxygens (including phenoxy) is 6. The van der Waals surface area contributed by atoms with Crippen LogP contribution in [-0.2, 0) is 61.4 Å². The summed E-state index contributed by atoms with van der Waals surface area (Å²) < 4.78 is 39.4. The van der Waals surface area contributed by atoms with Gasteiger partial charge in [-0.2, -0.15) is 0 Å². The Bertz CT molecular complexity index is 1670. The Morgan fingerprint density at radius 3 is 1.71 bits per heavy atom. The maximum absolute atomic E-state index is 12.5. The van der Waals surface area contributed by atoms with Gasteiger partial charge in [-0.3, -0.25) is 0 Å². The summed E-state index contributed by atoms with van der Waals surface area (Å²) in [5, 5.41) is 8.54. The molecule has 0 aliphatic carbocycles. The van der Waals surface area contributed by atoms with Crippen LogP contribution in [0, 0.1) is 0 Å². The highest BCUT2D eigenvalue weighted by molar-refractivity contribution is 5.89. The molecule has 0 N–H and O–H groups in total. The van der Waals surface area contributed by atoms with Gasteiger partial charge in [-0.15, -0.1) is 5.10 Å². The van der Waals surface area contributed by atoms with Crippen molar-refractivity contribution in [3.05, 3.63) is 155 Å². The van der Waals surface area contributed by atoms with Crippen LogP contribution in [0.4, 0.5) is 0 Å². The molecule has 0 amide bonds. The molecule has 48 heavy (non-hydrogen) atoms. The summed E-state index contributed by atoms with van der Waals surface area (Å²) in [7, 11) is 1.59. The third-order valence-corrected chi connectivity index (χ3v) is 7.99. The van der Waals surface area contributed by atoms with E-state index in [4.69, 9.17) is 28.4 Å². The van der Waals surface area contributed by atoms with Crippen LogP contribution in [0.25, 0.3) is 0 Å². The van der Waals surface area contributed by atoms with Crippen LogP contribution in [0.3, 0.4) is 0 Å². The molecular formula is C38H39N3O7. The van der Waals surface area contributed by atoms with Crippen LogP contribution in [0.1, 0.15) is 32.7 Å². The van der Waals surface area contributed by atoms with Gasteiger partial charge >= 0.3 is 5.97 Å². The van der Waals surface area contributed by atoms with Gasteiger partial charge in [-0.1, -0.05) is 114 Å². The minimum Gasteiger partial charge on any atom is -0.455 e. The first-order chi connectivity index (χ1) is 23.7. The highest BCUT2D eigenvalue weighted by Crippen LogP contribution is 2.31. The summed E-state index contributed by atoms with van der Waals surface area (Å²) >= 11 is 0. The number of methoxy groups -OCH3 is 1. The standard InChI is InChI=1S/C38H39N3O7/c1-43-38-36(46-26-30-18-10-4-11-19-30)35(45-25-29-16-8-3-9-17-29)34(44-24-28-14-6-2-7-15-28)33(48-38)23-41-22-32(39-40-41)27-47-37(42)31-20-12-5-13-21-31/h2-22,33-36,38H,23-27H2,1H3/t33-,34+,35+,36-,38+/m1/s1. The number of hydrogen-bond donors (Lipinski definition) is 0. The second-order valence-corrected chi connectivity index (χ2v) is 11.4. The lowest BCUT2D eigenvalue weighted by atomic mass is 9.97. The van der Waals surface area contributed by atoms with Gasteiger partial charge in [0.05, 0.1) is 38.1 Å². The number of carbonyl (C=O) groups excluding carboxylic acids is 1. The fourth-order valence-corrected chi connectivity index (χ4v) is 5.56. The Kier molecular flexibility index (Phi) is 11.7. The van der Waals surface area contributed by atoms with Gasteiger partial charge in [0.15, 0.2) is 6.29 Å². The van der Waals surface area contributed by atoms with E-state index in [1.165, 1.54) is 0 Å². The summed E-state index contributed by atoms with van der Waals surface area (Å²) in [5.41, 5.74) is 4.01. The monoisotopic (exact) mass is 649 g/mol. The molecule has 0 bridgehead atoms. The van der Waals surface area contributed by atoms with Crippen molar-refractivity contribution in [2.24, 2.45) is 0 Å². The molecule has 0 spiro atoms. The van der Waals surface area contributed by atoms with Crippen LogP contribution in [0.5, 0.6) is 0 Å². The molecule has 10 nitrogen and oxygen atoms in total. The molecular weight excluding hydrogens is 610 g/mol. The van der Waals surface area contributed by atoms with Gasteiger partial charge in [0.25, 0.3) is 0 Å². The molecule has 10 heteroatoms. The van der Waals surface area contributed by atoms with Gasteiger partial charge in [-0.05, 0) is 28.8 Å². The summed E-state index contributed by atoms with van der Waals surface area (Å²) in [4.78, 5) is 12.5. The van der Waals surface area contributed by atoms with Gasteiger partial charge < -0.3 is 28.4 Å². The molecule has 2 heterocycles. The molecule has 0 radical (unpaired) electrons.